The molecule has 2 aromatic carbocycles. The van der Waals surface area contributed by atoms with Crippen LogP contribution >= 0.6 is 11.6 Å². The van der Waals surface area contributed by atoms with Crippen molar-refractivity contribution in [2.24, 2.45) is 0 Å². The molecule has 1 heterocycles. The Kier molecular flexibility index (Phi) is 10.1. The maximum absolute atomic E-state index is 12.4. The molecule has 0 atom stereocenters. The van der Waals surface area contributed by atoms with Crippen molar-refractivity contribution in [1.82, 2.24) is 4.90 Å². The highest BCUT2D eigenvalue weighted by atomic mass is 35.5. The van der Waals surface area contributed by atoms with Gasteiger partial charge >= 0.3 is 18.1 Å². The Balaban J connectivity index is 0.000000572. The van der Waals surface area contributed by atoms with Crippen molar-refractivity contribution in [3.63, 3.8) is 0 Å². The Bertz CT molecular complexity index is 1150. The summed E-state index contributed by atoms with van der Waals surface area (Å²) in [5, 5.41) is 28.6. The Labute approximate surface area is 209 Å². The molecule has 3 rings (SSSR count). The molecule has 3 N–H and O–H groups in total. The maximum Gasteiger partial charge on any atom is 0.490 e. The van der Waals surface area contributed by atoms with Crippen LogP contribution in [0.15, 0.2) is 42.5 Å². The summed E-state index contributed by atoms with van der Waals surface area (Å²) in [6.07, 6.45) is -4.60. The van der Waals surface area contributed by atoms with E-state index in [1.54, 1.807) is 36.4 Å². The van der Waals surface area contributed by atoms with E-state index in [1.807, 2.05) is 4.90 Å². The van der Waals surface area contributed by atoms with Crippen LogP contribution in [-0.4, -0.2) is 71.9 Å². The molecule has 2 aromatic rings. The van der Waals surface area contributed by atoms with Crippen molar-refractivity contribution in [2.75, 3.05) is 42.9 Å². The molecule has 0 saturated carbocycles. The zero-order chi connectivity index (χ0) is 26.9. The molecule has 0 aliphatic carbocycles. The van der Waals surface area contributed by atoms with E-state index in [0.717, 1.165) is 19.6 Å². The van der Waals surface area contributed by atoms with Crippen molar-refractivity contribution in [1.29, 1.82) is 5.26 Å². The number of carboxylic acid groups (broad SMARTS) is 2. The number of benzene rings is 2. The first-order chi connectivity index (χ1) is 16.9. The fraction of sp³-hybridized carbons (Fsp3) is 0.304. The summed E-state index contributed by atoms with van der Waals surface area (Å²) < 4.78 is 31.7. The van der Waals surface area contributed by atoms with Gasteiger partial charge in [-0.25, -0.2) is 9.59 Å². The van der Waals surface area contributed by atoms with Crippen LogP contribution in [0, 0.1) is 11.3 Å². The third-order valence-corrected chi connectivity index (χ3v) is 5.43. The van der Waals surface area contributed by atoms with E-state index >= 15 is 0 Å². The molecular weight excluding hydrogens is 505 g/mol. The number of aliphatic carboxylic acids is 1. The molecule has 36 heavy (non-hydrogen) atoms. The van der Waals surface area contributed by atoms with Gasteiger partial charge in [-0.15, -0.1) is 0 Å². The van der Waals surface area contributed by atoms with Crippen LogP contribution in [0.4, 0.5) is 24.5 Å². The van der Waals surface area contributed by atoms with Crippen molar-refractivity contribution in [2.45, 2.75) is 12.6 Å². The first kappa shape index (κ1) is 28.4. The number of hydrogen-bond donors (Lipinski definition) is 3. The smallest absolute Gasteiger partial charge is 0.478 e. The van der Waals surface area contributed by atoms with Crippen molar-refractivity contribution < 1.29 is 37.8 Å². The molecule has 13 heteroatoms. The van der Waals surface area contributed by atoms with Gasteiger partial charge < -0.3 is 20.4 Å². The molecule has 1 fully saturated rings. The number of aromatic carboxylic acids is 1. The second kappa shape index (κ2) is 12.8. The van der Waals surface area contributed by atoms with E-state index < -0.39 is 24.0 Å². The van der Waals surface area contributed by atoms with Crippen LogP contribution in [0.25, 0.3) is 0 Å². The number of carboxylic acids is 2. The summed E-state index contributed by atoms with van der Waals surface area (Å²) in [4.78, 5) is 37.4. The molecule has 0 bridgehead atoms. The van der Waals surface area contributed by atoms with Gasteiger partial charge in [-0.1, -0.05) is 23.7 Å². The number of nitrogens with zero attached hydrogens (tertiary/aromatic N) is 3. The summed E-state index contributed by atoms with van der Waals surface area (Å²) in [6.45, 7) is 3.62. The quantitative estimate of drug-likeness (QED) is 0.515. The maximum atomic E-state index is 12.4. The molecule has 1 amide bonds. The minimum Gasteiger partial charge on any atom is -0.478 e. The minimum atomic E-state index is -5.08. The number of carbonyl (C=O) groups excluding carboxylic acids is 1. The highest BCUT2D eigenvalue weighted by molar-refractivity contribution is 6.34. The van der Waals surface area contributed by atoms with Gasteiger partial charge in [0.1, 0.15) is 0 Å². The van der Waals surface area contributed by atoms with E-state index in [1.165, 1.54) is 6.07 Å². The number of piperazine rings is 1. The Morgan fingerprint density at radius 2 is 1.64 bits per heavy atom. The van der Waals surface area contributed by atoms with Gasteiger partial charge in [0.15, 0.2) is 0 Å². The summed E-state index contributed by atoms with van der Waals surface area (Å²) in [5.41, 5.74) is 1.47. The van der Waals surface area contributed by atoms with E-state index in [-0.39, 0.29) is 5.56 Å². The average Bonchev–Trinajstić information content (AvgIpc) is 2.83. The molecule has 1 aliphatic rings. The van der Waals surface area contributed by atoms with Gasteiger partial charge in [-0.2, -0.15) is 18.4 Å². The Hall–Kier alpha value is -3.82. The van der Waals surface area contributed by atoms with E-state index in [9.17, 15) is 27.9 Å². The highest BCUT2D eigenvalue weighted by Crippen LogP contribution is 2.26. The lowest BCUT2D eigenvalue weighted by molar-refractivity contribution is -0.192. The van der Waals surface area contributed by atoms with Crippen molar-refractivity contribution in [3.05, 3.63) is 58.6 Å². The zero-order valence-corrected chi connectivity index (χ0v) is 19.5. The lowest BCUT2D eigenvalue weighted by atomic mass is 10.1. The lowest BCUT2D eigenvalue weighted by Crippen LogP contribution is -2.47. The number of rotatable bonds is 6. The molecule has 1 aliphatic heterocycles. The first-order valence-corrected chi connectivity index (χ1v) is 10.9. The molecular formula is C23H22ClF3N4O5. The SMILES string of the molecule is N#CCCN1CCN(c2ccc(NC(=O)c3ccccc3Cl)cc2C(=O)O)CC1.O=C(O)C(F)(F)F. The van der Waals surface area contributed by atoms with Gasteiger partial charge in [-0.05, 0) is 30.3 Å². The number of alkyl halides is 3. The number of amides is 1. The average molecular weight is 527 g/mol. The van der Waals surface area contributed by atoms with Gasteiger partial charge in [0.25, 0.3) is 5.91 Å². The van der Waals surface area contributed by atoms with Gasteiger partial charge in [0, 0.05) is 44.8 Å². The normalized spacial score (nSPS) is 13.7. The molecule has 192 valence electrons. The topological polar surface area (TPSA) is 134 Å². The number of hydrogen-bond acceptors (Lipinski definition) is 6. The van der Waals surface area contributed by atoms with Gasteiger partial charge in [0.2, 0.25) is 0 Å². The van der Waals surface area contributed by atoms with Crippen LogP contribution in [0.1, 0.15) is 27.1 Å². The van der Waals surface area contributed by atoms with Crippen LogP contribution in [0.3, 0.4) is 0 Å². The number of halogens is 4. The minimum absolute atomic E-state index is 0.132. The summed E-state index contributed by atoms with van der Waals surface area (Å²) in [6, 6.07) is 13.7. The van der Waals surface area contributed by atoms with Crippen LogP contribution < -0.4 is 10.2 Å². The van der Waals surface area contributed by atoms with Gasteiger partial charge in [-0.3, -0.25) is 9.69 Å². The lowest BCUT2D eigenvalue weighted by Gasteiger charge is -2.36. The highest BCUT2D eigenvalue weighted by Gasteiger charge is 2.38. The number of anilines is 2. The molecule has 9 nitrogen and oxygen atoms in total. The molecule has 0 spiro atoms. The van der Waals surface area contributed by atoms with E-state index in [0.29, 0.717) is 41.5 Å². The summed E-state index contributed by atoms with van der Waals surface area (Å²) >= 11 is 6.05. The molecule has 0 unspecified atom stereocenters. The fourth-order valence-electron chi connectivity index (χ4n) is 3.33. The van der Waals surface area contributed by atoms with E-state index in [2.05, 4.69) is 16.3 Å². The second-order valence-electron chi connectivity index (χ2n) is 7.51. The monoisotopic (exact) mass is 526 g/mol. The molecule has 0 radical (unpaired) electrons. The second-order valence-corrected chi connectivity index (χ2v) is 7.92. The third kappa shape index (κ3) is 8.14. The van der Waals surface area contributed by atoms with Crippen molar-refractivity contribution >= 4 is 40.8 Å². The standard InChI is InChI=1S/C21H21ClN4O3.C2HF3O2/c22-18-5-2-1-4-16(18)20(27)24-15-6-7-19(17(14-15)21(28)29)26-12-10-25(11-13-26)9-3-8-23;3-2(4,5)1(6)7/h1-2,4-7,14H,3,9-13H2,(H,24,27)(H,28,29);(H,6,7). The van der Waals surface area contributed by atoms with Crippen LogP contribution in [0.5, 0.6) is 0 Å². The number of nitrogens with one attached hydrogen (secondary N) is 1. The summed E-state index contributed by atoms with van der Waals surface area (Å²) in [5.74, 6) is -4.21. The molecule has 1 saturated heterocycles. The predicted octanol–water partition coefficient (Wildman–Crippen LogP) is 3.96. The first-order valence-electron chi connectivity index (χ1n) is 10.5. The largest absolute Gasteiger partial charge is 0.490 e. The summed E-state index contributed by atoms with van der Waals surface area (Å²) in [7, 11) is 0. The van der Waals surface area contributed by atoms with Crippen LogP contribution in [0.2, 0.25) is 5.02 Å². The number of nitriles is 1. The van der Waals surface area contributed by atoms with Crippen molar-refractivity contribution in [3.8, 4) is 6.07 Å². The Morgan fingerprint density at radius 3 is 2.17 bits per heavy atom. The number of carbonyl (C=O) groups is 3. The Morgan fingerprint density at radius 1 is 1.03 bits per heavy atom. The predicted molar refractivity (Wildman–Crippen MR) is 125 cm³/mol. The zero-order valence-electron chi connectivity index (χ0n) is 18.8. The van der Waals surface area contributed by atoms with Gasteiger partial charge in [0.05, 0.1) is 27.9 Å². The molecule has 0 aromatic heterocycles. The fourth-order valence-corrected chi connectivity index (χ4v) is 3.55. The van der Waals surface area contributed by atoms with Crippen LogP contribution in [-0.2, 0) is 4.79 Å². The van der Waals surface area contributed by atoms with E-state index in [4.69, 9.17) is 26.8 Å². The third-order valence-electron chi connectivity index (χ3n) is 5.10.